The van der Waals surface area contributed by atoms with Gasteiger partial charge in [-0.05, 0) is 50.1 Å². The Morgan fingerprint density at radius 2 is 1.98 bits per heavy atom. The van der Waals surface area contributed by atoms with Crippen molar-refractivity contribution in [1.29, 1.82) is 0 Å². The largest absolute Gasteiger partial charge is 0.477 e. The molecular weight excluding hydrogens is 547 g/mol. The lowest BCUT2D eigenvalue weighted by molar-refractivity contribution is -0.143. The van der Waals surface area contributed by atoms with E-state index in [1.54, 1.807) is 30.4 Å². The summed E-state index contributed by atoms with van der Waals surface area (Å²) in [5.74, 6) is 0.329. The Morgan fingerprint density at radius 3 is 2.65 bits per heavy atom. The molecule has 2 aliphatic rings. The second-order valence-corrected chi connectivity index (χ2v) is 11.2. The minimum absolute atomic E-state index is 0.0137. The number of likely N-dealkylation sites (N-methyl/N-ethyl adjacent to an activating group) is 1. The Bertz CT molecular complexity index is 1460. The maximum absolute atomic E-state index is 13.1. The Balaban J connectivity index is 1.41. The number of fused-ring (bicyclic) bond motifs is 4. The standard InChI is InChI=1S/C27H30F3N5O4S/c1-34(16-27(28,29)30)9-4-10-39-24-19(14-33-40(37)38)11-18(13-32-24)17-5-6-21-20(12-17)23-22(15-31-21)35(2)25(36)26(23)7-3-8-26/h5-6,11-13,15,33H,3-4,7-10,14,16H2,1-2H3,(H,37,38). The first-order valence-electron chi connectivity index (χ1n) is 12.9. The highest BCUT2D eigenvalue weighted by Crippen LogP contribution is 2.55. The zero-order valence-electron chi connectivity index (χ0n) is 22.1. The number of amides is 1. The molecule has 1 spiro atoms. The molecule has 1 unspecified atom stereocenters. The van der Waals surface area contributed by atoms with Gasteiger partial charge in [0.1, 0.15) is 0 Å². The van der Waals surface area contributed by atoms with Crippen molar-refractivity contribution >= 4 is 33.8 Å². The summed E-state index contributed by atoms with van der Waals surface area (Å²) in [6.45, 7) is -0.713. The zero-order valence-corrected chi connectivity index (χ0v) is 22.9. The highest BCUT2D eigenvalue weighted by molar-refractivity contribution is 7.77. The highest BCUT2D eigenvalue weighted by atomic mass is 32.2. The minimum Gasteiger partial charge on any atom is -0.477 e. The quantitative estimate of drug-likeness (QED) is 0.275. The molecule has 1 aliphatic carbocycles. The van der Waals surface area contributed by atoms with Gasteiger partial charge >= 0.3 is 6.18 Å². The number of anilines is 1. The lowest BCUT2D eigenvalue weighted by atomic mass is 9.64. The molecule has 214 valence electrons. The minimum atomic E-state index is -4.27. The molecule has 3 aromatic rings. The number of alkyl halides is 3. The first kappa shape index (κ1) is 28.4. The van der Waals surface area contributed by atoms with Crippen molar-refractivity contribution in [3.8, 4) is 17.0 Å². The molecule has 1 atom stereocenters. The smallest absolute Gasteiger partial charge is 0.401 e. The van der Waals surface area contributed by atoms with Gasteiger partial charge in [-0.1, -0.05) is 12.5 Å². The van der Waals surface area contributed by atoms with Crippen molar-refractivity contribution in [2.24, 2.45) is 0 Å². The van der Waals surface area contributed by atoms with E-state index in [4.69, 9.17) is 4.74 Å². The Kier molecular flexibility index (Phi) is 7.83. The number of halogens is 3. The molecule has 1 amide bonds. The average molecular weight is 578 g/mol. The van der Waals surface area contributed by atoms with E-state index in [0.29, 0.717) is 12.0 Å². The normalized spacial score (nSPS) is 17.0. The third kappa shape index (κ3) is 5.55. The van der Waals surface area contributed by atoms with Gasteiger partial charge in [-0.2, -0.15) is 13.2 Å². The fraction of sp³-hybridized carbons (Fsp3) is 0.444. The molecule has 5 rings (SSSR count). The van der Waals surface area contributed by atoms with E-state index in [1.807, 2.05) is 18.2 Å². The van der Waals surface area contributed by atoms with Crippen LogP contribution in [-0.4, -0.2) is 69.5 Å². The van der Waals surface area contributed by atoms with E-state index < -0.39 is 29.4 Å². The number of nitrogens with zero attached hydrogens (tertiary/aromatic N) is 4. The summed E-state index contributed by atoms with van der Waals surface area (Å²) < 4.78 is 66.4. The van der Waals surface area contributed by atoms with Crippen molar-refractivity contribution < 1.29 is 31.5 Å². The van der Waals surface area contributed by atoms with Crippen LogP contribution < -0.4 is 14.4 Å². The summed E-state index contributed by atoms with van der Waals surface area (Å²) in [5.41, 5.74) is 4.21. The second-order valence-electron chi connectivity index (χ2n) is 10.4. The van der Waals surface area contributed by atoms with Crippen LogP contribution in [0.1, 0.15) is 36.8 Å². The summed E-state index contributed by atoms with van der Waals surface area (Å²) in [7, 11) is 3.18. The average Bonchev–Trinajstić information content (AvgIpc) is 3.11. The van der Waals surface area contributed by atoms with Crippen LogP contribution in [0.25, 0.3) is 22.0 Å². The number of aromatic nitrogens is 2. The fourth-order valence-electron chi connectivity index (χ4n) is 5.59. The molecule has 3 heterocycles. The number of nitrogens with one attached hydrogen (secondary N) is 1. The molecule has 40 heavy (non-hydrogen) atoms. The van der Waals surface area contributed by atoms with Crippen LogP contribution in [-0.2, 0) is 28.0 Å². The Labute approximate surface area is 232 Å². The Morgan fingerprint density at radius 1 is 1.20 bits per heavy atom. The maximum atomic E-state index is 13.1. The number of carbonyl (C=O) groups is 1. The van der Waals surface area contributed by atoms with E-state index in [2.05, 4.69) is 14.7 Å². The van der Waals surface area contributed by atoms with Crippen molar-refractivity contribution in [2.45, 2.75) is 43.8 Å². The van der Waals surface area contributed by atoms with Gasteiger partial charge in [-0.15, -0.1) is 0 Å². The van der Waals surface area contributed by atoms with Crippen LogP contribution in [0.3, 0.4) is 0 Å². The lowest BCUT2D eigenvalue weighted by Crippen LogP contribution is -2.43. The third-order valence-corrected chi connectivity index (χ3v) is 8.02. The van der Waals surface area contributed by atoms with Gasteiger partial charge in [0.05, 0.1) is 36.0 Å². The van der Waals surface area contributed by atoms with Gasteiger partial charge in [0.15, 0.2) is 0 Å². The van der Waals surface area contributed by atoms with Gasteiger partial charge in [0, 0.05) is 48.4 Å². The number of benzene rings is 1. The summed E-state index contributed by atoms with van der Waals surface area (Å²) in [4.78, 5) is 25.0. The van der Waals surface area contributed by atoms with Crippen molar-refractivity contribution in [1.82, 2.24) is 19.6 Å². The van der Waals surface area contributed by atoms with Crippen molar-refractivity contribution in [3.63, 3.8) is 0 Å². The maximum Gasteiger partial charge on any atom is 0.401 e. The number of rotatable bonds is 10. The van der Waals surface area contributed by atoms with E-state index in [9.17, 15) is 26.7 Å². The van der Waals surface area contributed by atoms with Gasteiger partial charge in [0.25, 0.3) is 0 Å². The molecule has 0 bridgehead atoms. The number of carbonyl (C=O) groups excluding carboxylic acids is 1. The molecule has 1 aliphatic heterocycles. The van der Waals surface area contributed by atoms with Gasteiger partial charge in [0.2, 0.25) is 23.1 Å². The van der Waals surface area contributed by atoms with Crippen LogP contribution in [0.2, 0.25) is 0 Å². The van der Waals surface area contributed by atoms with E-state index in [0.717, 1.165) is 52.5 Å². The van der Waals surface area contributed by atoms with Gasteiger partial charge in [-0.3, -0.25) is 19.2 Å². The van der Waals surface area contributed by atoms with Crippen LogP contribution in [0.15, 0.2) is 36.7 Å². The summed E-state index contributed by atoms with van der Waals surface area (Å²) >= 11 is -2.27. The topological polar surface area (TPSA) is 108 Å². The lowest BCUT2D eigenvalue weighted by Gasteiger charge is -2.37. The molecule has 13 heteroatoms. The molecule has 1 fully saturated rings. The highest BCUT2D eigenvalue weighted by Gasteiger charge is 2.54. The van der Waals surface area contributed by atoms with Gasteiger partial charge < -0.3 is 9.64 Å². The predicted octanol–water partition coefficient (Wildman–Crippen LogP) is 4.18. The molecule has 0 radical (unpaired) electrons. The fourth-order valence-corrected chi connectivity index (χ4v) is 5.87. The van der Waals surface area contributed by atoms with Crippen LogP contribution >= 0.6 is 0 Å². The molecule has 9 nitrogen and oxygen atoms in total. The number of hydrogen-bond donors (Lipinski definition) is 2. The monoisotopic (exact) mass is 577 g/mol. The molecule has 1 saturated carbocycles. The Hall–Kier alpha value is -3.13. The van der Waals surface area contributed by atoms with Crippen molar-refractivity contribution in [3.05, 3.63) is 47.8 Å². The molecule has 2 aromatic heterocycles. The molecule has 1 aromatic carbocycles. The molecule has 2 N–H and O–H groups in total. The number of pyridine rings is 2. The second kappa shape index (κ2) is 11.0. The summed E-state index contributed by atoms with van der Waals surface area (Å²) in [5, 5.41) is 0.909. The van der Waals surface area contributed by atoms with E-state index >= 15 is 0 Å². The number of hydrogen-bond acceptors (Lipinski definition) is 6. The van der Waals surface area contributed by atoms with Crippen LogP contribution in [0.4, 0.5) is 18.9 Å². The van der Waals surface area contributed by atoms with Crippen LogP contribution in [0.5, 0.6) is 5.88 Å². The van der Waals surface area contributed by atoms with Crippen LogP contribution in [0, 0.1) is 0 Å². The predicted molar refractivity (Wildman–Crippen MR) is 145 cm³/mol. The third-order valence-electron chi connectivity index (χ3n) is 7.63. The zero-order chi connectivity index (χ0) is 28.7. The van der Waals surface area contributed by atoms with Gasteiger partial charge in [-0.25, -0.2) is 13.9 Å². The molecule has 0 saturated heterocycles. The first-order chi connectivity index (χ1) is 19.0. The summed E-state index contributed by atoms with van der Waals surface area (Å²) in [6, 6.07) is 7.61. The molecular formula is C27H30F3N5O4S. The van der Waals surface area contributed by atoms with Crippen molar-refractivity contribution in [2.75, 3.05) is 38.7 Å². The first-order valence-corrected chi connectivity index (χ1v) is 14.0. The van der Waals surface area contributed by atoms with E-state index in [1.165, 1.54) is 11.9 Å². The number of ether oxygens (including phenoxy) is 1. The van der Waals surface area contributed by atoms with E-state index in [-0.39, 0.29) is 31.5 Å². The summed E-state index contributed by atoms with van der Waals surface area (Å²) in [6.07, 6.45) is 2.06. The SMILES string of the molecule is CN(CCCOc1ncc(-c2ccc3ncc4c(c3c2)C2(CCC2)C(=O)N4C)cc1CNS(=O)O)CC(F)(F)F.